The van der Waals surface area contributed by atoms with Gasteiger partial charge in [-0.3, -0.25) is 0 Å². The third kappa shape index (κ3) is 3.89. The summed E-state index contributed by atoms with van der Waals surface area (Å²) in [6.07, 6.45) is 1.60. The SMILES string of the molecule is COc1cccc(Sc2ccccc2C=C(C#N)C#N)c1. The van der Waals surface area contributed by atoms with E-state index in [-0.39, 0.29) is 5.57 Å². The van der Waals surface area contributed by atoms with Gasteiger partial charge in [0.25, 0.3) is 0 Å². The molecule has 2 aromatic rings. The van der Waals surface area contributed by atoms with Gasteiger partial charge in [-0.1, -0.05) is 36.0 Å². The lowest BCUT2D eigenvalue weighted by molar-refractivity contribution is 0.413. The number of allylic oxidation sites excluding steroid dienone is 1. The molecular formula is C17H12N2OS. The Morgan fingerprint density at radius 1 is 1.10 bits per heavy atom. The monoisotopic (exact) mass is 292 g/mol. The van der Waals surface area contributed by atoms with E-state index in [4.69, 9.17) is 15.3 Å². The molecule has 0 saturated heterocycles. The molecule has 4 heteroatoms. The summed E-state index contributed by atoms with van der Waals surface area (Å²) in [5.41, 5.74) is 0.942. The minimum absolute atomic E-state index is 0.0914. The maximum Gasteiger partial charge on any atom is 0.130 e. The van der Waals surface area contributed by atoms with Crippen molar-refractivity contribution in [2.45, 2.75) is 9.79 Å². The van der Waals surface area contributed by atoms with Gasteiger partial charge < -0.3 is 4.74 Å². The second kappa shape index (κ2) is 7.19. The standard InChI is InChI=1S/C17H12N2OS/c1-20-15-6-4-7-16(10-15)21-17-8-3-2-5-14(17)9-13(11-18)12-19/h2-10H,1H3. The summed E-state index contributed by atoms with van der Waals surface area (Å²) in [6.45, 7) is 0. The van der Waals surface area contributed by atoms with Crippen LogP contribution < -0.4 is 4.74 Å². The van der Waals surface area contributed by atoms with Crippen molar-refractivity contribution in [1.29, 1.82) is 10.5 Å². The highest BCUT2D eigenvalue weighted by molar-refractivity contribution is 7.99. The Balaban J connectivity index is 2.35. The fourth-order valence-electron chi connectivity index (χ4n) is 1.73. The smallest absolute Gasteiger partial charge is 0.130 e. The van der Waals surface area contributed by atoms with Gasteiger partial charge in [0, 0.05) is 9.79 Å². The van der Waals surface area contributed by atoms with Crippen molar-refractivity contribution in [3.05, 3.63) is 59.7 Å². The molecule has 0 unspecified atom stereocenters. The first-order valence-corrected chi connectivity index (χ1v) is 7.01. The molecule has 0 atom stereocenters. The summed E-state index contributed by atoms with van der Waals surface area (Å²) in [5.74, 6) is 0.794. The molecule has 0 saturated carbocycles. The fraction of sp³-hybridized carbons (Fsp3) is 0.0588. The molecule has 0 aliphatic carbocycles. The van der Waals surface area contributed by atoms with Crippen molar-refractivity contribution in [1.82, 2.24) is 0 Å². The Labute approximate surface area is 128 Å². The van der Waals surface area contributed by atoms with Crippen LogP contribution in [-0.4, -0.2) is 7.11 Å². The number of ether oxygens (including phenoxy) is 1. The third-order valence-electron chi connectivity index (χ3n) is 2.73. The van der Waals surface area contributed by atoms with Gasteiger partial charge in [-0.15, -0.1) is 0 Å². The Kier molecular flexibility index (Phi) is 5.04. The summed E-state index contributed by atoms with van der Waals surface area (Å²) >= 11 is 1.56. The van der Waals surface area contributed by atoms with Gasteiger partial charge in [-0.05, 0) is 35.9 Å². The molecule has 0 amide bonds. The van der Waals surface area contributed by atoms with Crippen LogP contribution in [0.4, 0.5) is 0 Å². The quantitative estimate of drug-likeness (QED) is 0.789. The van der Waals surface area contributed by atoms with E-state index in [1.807, 2.05) is 60.7 Å². The highest BCUT2D eigenvalue weighted by atomic mass is 32.2. The van der Waals surface area contributed by atoms with Crippen LogP contribution in [0.2, 0.25) is 0 Å². The van der Waals surface area contributed by atoms with E-state index in [0.717, 1.165) is 21.1 Å². The van der Waals surface area contributed by atoms with Crippen molar-refractivity contribution in [2.24, 2.45) is 0 Å². The summed E-state index contributed by atoms with van der Waals surface area (Å²) < 4.78 is 5.21. The van der Waals surface area contributed by atoms with E-state index in [1.165, 1.54) is 0 Å². The minimum atomic E-state index is 0.0914. The van der Waals surface area contributed by atoms with Gasteiger partial charge in [-0.25, -0.2) is 0 Å². The van der Waals surface area contributed by atoms with E-state index in [9.17, 15) is 0 Å². The van der Waals surface area contributed by atoms with Crippen LogP contribution in [0.5, 0.6) is 5.75 Å². The summed E-state index contributed by atoms with van der Waals surface area (Å²) in [7, 11) is 1.63. The molecule has 3 nitrogen and oxygen atoms in total. The molecule has 0 aliphatic heterocycles. The molecule has 102 valence electrons. The Morgan fingerprint density at radius 2 is 1.86 bits per heavy atom. The van der Waals surface area contributed by atoms with Crippen LogP contribution in [0.3, 0.4) is 0 Å². The first kappa shape index (κ1) is 14.7. The van der Waals surface area contributed by atoms with E-state index in [0.29, 0.717) is 0 Å². The van der Waals surface area contributed by atoms with Crippen molar-refractivity contribution in [2.75, 3.05) is 7.11 Å². The predicted molar refractivity (Wildman–Crippen MR) is 82.8 cm³/mol. The molecule has 0 heterocycles. The first-order chi connectivity index (χ1) is 10.3. The zero-order valence-corrected chi connectivity index (χ0v) is 12.2. The summed E-state index contributed by atoms with van der Waals surface area (Å²) in [4.78, 5) is 2.01. The molecule has 2 aromatic carbocycles. The average Bonchev–Trinajstić information content (AvgIpc) is 2.54. The van der Waals surface area contributed by atoms with Gasteiger partial charge in [0.15, 0.2) is 0 Å². The molecular weight excluding hydrogens is 280 g/mol. The van der Waals surface area contributed by atoms with Gasteiger partial charge >= 0.3 is 0 Å². The first-order valence-electron chi connectivity index (χ1n) is 6.19. The van der Waals surface area contributed by atoms with Gasteiger partial charge in [0.1, 0.15) is 23.5 Å². The summed E-state index contributed by atoms with van der Waals surface area (Å²) in [5, 5.41) is 17.7. The number of rotatable bonds is 4. The minimum Gasteiger partial charge on any atom is -0.497 e. The van der Waals surface area contributed by atoms with E-state index in [1.54, 1.807) is 24.9 Å². The maximum atomic E-state index is 8.87. The highest BCUT2D eigenvalue weighted by Crippen LogP contribution is 2.33. The Morgan fingerprint density at radius 3 is 2.57 bits per heavy atom. The molecule has 0 radical (unpaired) electrons. The largest absolute Gasteiger partial charge is 0.497 e. The third-order valence-corrected chi connectivity index (χ3v) is 3.81. The maximum absolute atomic E-state index is 8.87. The van der Waals surface area contributed by atoms with E-state index >= 15 is 0 Å². The molecule has 0 spiro atoms. The van der Waals surface area contributed by atoms with Crippen LogP contribution in [0, 0.1) is 22.7 Å². The lowest BCUT2D eigenvalue weighted by Crippen LogP contribution is -1.84. The number of methoxy groups -OCH3 is 1. The number of nitriles is 2. The van der Waals surface area contributed by atoms with Crippen molar-refractivity contribution >= 4 is 17.8 Å². The van der Waals surface area contributed by atoms with Crippen LogP contribution in [0.1, 0.15) is 5.56 Å². The van der Waals surface area contributed by atoms with Gasteiger partial charge in [-0.2, -0.15) is 10.5 Å². The van der Waals surface area contributed by atoms with Crippen LogP contribution >= 0.6 is 11.8 Å². The molecule has 2 rings (SSSR count). The molecule has 0 aliphatic rings. The fourth-order valence-corrected chi connectivity index (χ4v) is 2.70. The molecule has 0 N–H and O–H groups in total. The Bertz CT molecular complexity index is 738. The van der Waals surface area contributed by atoms with Crippen molar-refractivity contribution in [3.8, 4) is 17.9 Å². The highest BCUT2D eigenvalue weighted by Gasteiger charge is 2.04. The normalized spacial score (nSPS) is 9.29. The van der Waals surface area contributed by atoms with Crippen LogP contribution in [0.15, 0.2) is 63.9 Å². The predicted octanol–water partition coefficient (Wildman–Crippen LogP) is 4.28. The zero-order valence-electron chi connectivity index (χ0n) is 11.4. The molecule has 21 heavy (non-hydrogen) atoms. The van der Waals surface area contributed by atoms with Gasteiger partial charge in [0.05, 0.1) is 7.11 Å². The average molecular weight is 292 g/mol. The second-order valence-corrected chi connectivity index (χ2v) is 5.22. The van der Waals surface area contributed by atoms with E-state index < -0.39 is 0 Å². The number of hydrogen-bond acceptors (Lipinski definition) is 4. The molecule has 0 bridgehead atoms. The summed E-state index contributed by atoms with van der Waals surface area (Å²) in [6, 6.07) is 19.2. The lowest BCUT2D eigenvalue weighted by Gasteiger charge is -2.07. The number of hydrogen-bond donors (Lipinski definition) is 0. The van der Waals surface area contributed by atoms with Crippen molar-refractivity contribution in [3.63, 3.8) is 0 Å². The Hall–Kier alpha value is -2.69. The molecule has 0 aromatic heterocycles. The van der Waals surface area contributed by atoms with Crippen LogP contribution in [-0.2, 0) is 0 Å². The molecule has 0 fully saturated rings. The second-order valence-electron chi connectivity index (χ2n) is 4.10. The van der Waals surface area contributed by atoms with E-state index in [2.05, 4.69) is 0 Å². The van der Waals surface area contributed by atoms with Crippen molar-refractivity contribution < 1.29 is 4.74 Å². The van der Waals surface area contributed by atoms with Gasteiger partial charge in [0.2, 0.25) is 0 Å². The lowest BCUT2D eigenvalue weighted by atomic mass is 10.1. The zero-order chi connectivity index (χ0) is 15.1. The number of nitrogens with zero attached hydrogens (tertiary/aromatic N) is 2. The topological polar surface area (TPSA) is 56.8 Å². The number of benzene rings is 2. The van der Waals surface area contributed by atoms with Crippen LogP contribution in [0.25, 0.3) is 6.08 Å².